The van der Waals surface area contributed by atoms with Gasteiger partial charge in [0.05, 0.1) is 33.5 Å². The molecule has 150 valence electrons. The fraction of sp³-hybridized carbons (Fsp3) is 0.381. The number of methoxy groups -OCH3 is 2. The highest BCUT2D eigenvalue weighted by Gasteiger charge is 2.37. The number of halogens is 1. The molecule has 1 aliphatic heterocycles. The zero-order valence-corrected chi connectivity index (χ0v) is 16.9. The number of hydrogen-bond acceptors (Lipinski definition) is 5. The van der Waals surface area contributed by atoms with Crippen LogP contribution in [-0.2, 0) is 4.74 Å². The van der Waals surface area contributed by atoms with Gasteiger partial charge >= 0.3 is 0 Å². The zero-order valence-electron chi connectivity index (χ0n) is 16.1. The van der Waals surface area contributed by atoms with Crippen LogP contribution in [0.3, 0.4) is 0 Å². The van der Waals surface area contributed by atoms with Gasteiger partial charge in [0, 0.05) is 17.1 Å². The van der Waals surface area contributed by atoms with Gasteiger partial charge in [0.25, 0.3) is 5.91 Å². The van der Waals surface area contributed by atoms with Crippen LogP contribution in [0.2, 0.25) is 5.02 Å². The van der Waals surface area contributed by atoms with Crippen molar-refractivity contribution in [1.29, 1.82) is 0 Å². The quantitative estimate of drug-likeness (QED) is 0.827. The molecule has 0 bridgehead atoms. The lowest BCUT2D eigenvalue weighted by Gasteiger charge is -2.41. The molecule has 0 radical (unpaired) electrons. The van der Waals surface area contributed by atoms with Crippen molar-refractivity contribution in [2.75, 3.05) is 34.0 Å². The number of rotatable bonds is 5. The molecule has 7 heteroatoms. The SMILES string of the molecule is COc1ccc([C@@H]2[C@@H](CO)OCCN2C(=O)c2cccc(Cl)c2C)cc1OC. The lowest BCUT2D eigenvalue weighted by molar-refractivity contribution is -0.0812. The van der Waals surface area contributed by atoms with Crippen LogP contribution in [0, 0.1) is 6.92 Å². The van der Waals surface area contributed by atoms with E-state index in [9.17, 15) is 9.90 Å². The highest BCUT2D eigenvalue weighted by molar-refractivity contribution is 6.31. The van der Waals surface area contributed by atoms with Crippen LogP contribution in [0.25, 0.3) is 0 Å². The van der Waals surface area contributed by atoms with Crippen LogP contribution < -0.4 is 9.47 Å². The highest BCUT2D eigenvalue weighted by Crippen LogP contribution is 2.36. The van der Waals surface area contributed by atoms with Gasteiger partial charge in [-0.05, 0) is 42.3 Å². The normalized spacial score (nSPS) is 19.4. The monoisotopic (exact) mass is 405 g/mol. The van der Waals surface area contributed by atoms with Crippen molar-refractivity contribution >= 4 is 17.5 Å². The predicted molar refractivity (Wildman–Crippen MR) is 106 cm³/mol. The van der Waals surface area contributed by atoms with Crippen molar-refractivity contribution in [1.82, 2.24) is 4.90 Å². The minimum absolute atomic E-state index is 0.151. The average Bonchev–Trinajstić information content (AvgIpc) is 2.74. The van der Waals surface area contributed by atoms with Crippen LogP contribution in [0.5, 0.6) is 11.5 Å². The van der Waals surface area contributed by atoms with E-state index >= 15 is 0 Å². The van der Waals surface area contributed by atoms with Crippen molar-refractivity contribution < 1.29 is 24.1 Å². The predicted octanol–water partition coefficient (Wildman–Crippen LogP) is 3.24. The first-order chi connectivity index (χ1) is 13.5. The van der Waals surface area contributed by atoms with Crippen molar-refractivity contribution in [3.8, 4) is 11.5 Å². The van der Waals surface area contributed by atoms with E-state index in [1.807, 2.05) is 19.1 Å². The summed E-state index contributed by atoms with van der Waals surface area (Å²) in [5.74, 6) is 0.988. The molecule has 1 aliphatic rings. The van der Waals surface area contributed by atoms with E-state index in [0.29, 0.717) is 35.2 Å². The third-order valence-corrected chi connectivity index (χ3v) is 5.45. The van der Waals surface area contributed by atoms with Crippen LogP contribution in [0.1, 0.15) is 27.5 Å². The van der Waals surface area contributed by atoms with Crippen molar-refractivity contribution in [3.05, 3.63) is 58.1 Å². The minimum atomic E-state index is -0.546. The molecule has 1 saturated heterocycles. The van der Waals surface area contributed by atoms with Crippen LogP contribution in [-0.4, -0.2) is 56.0 Å². The van der Waals surface area contributed by atoms with Crippen LogP contribution in [0.4, 0.5) is 0 Å². The highest BCUT2D eigenvalue weighted by atomic mass is 35.5. The van der Waals surface area contributed by atoms with Gasteiger partial charge in [0.1, 0.15) is 6.10 Å². The number of benzene rings is 2. The summed E-state index contributed by atoms with van der Waals surface area (Å²) in [6, 6.07) is 10.3. The molecule has 0 spiro atoms. The number of carbonyl (C=O) groups is 1. The standard InChI is InChI=1S/C21H24ClNO5/c1-13-15(5-4-6-16(13)22)21(25)23-9-10-28-19(12-24)20(23)14-7-8-17(26-2)18(11-14)27-3/h4-8,11,19-20,24H,9-10,12H2,1-3H3/t19-,20-/m1/s1. The Morgan fingerprint density at radius 1 is 1.25 bits per heavy atom. The van der Waals surface area contributed by atoms with Gasteiger partial charge in [-0.1, -0.05) is 23.7 Å². The lowest BCUT2D eigenvalue weighted by atomic mass is 9.96. The molecule has 0 saturated carbocycles. The smallest absolute Gasteiger partial charge is 0.254 e. The Hall–Kier alpha value is -2.28. The molecular weight excluding hydrogens is 382 g/mol. The average molecular weight is 406 g/mol. The fourth-order valence-electron chi connectivity index (χ4n) is 3.54. The summed E-state index contributed by atoms with van der Waals surface area (Å²) >= 11 is 6.21. The van der Waals surface area contributed by atoms with Gasteiger partial charge in [0.15, 0.2) is 11.5 Å². The molecule has 28 heavy (non-hydrogen) atoms. The second-order valence-corrected chi connectivity index (χ2v) is 6.97. The van der Waals surface area contributed by atoms with Gasteiger partial charge in [-0.15, -0.1) is 0 Å². The lowest BCUT2D eigenvalue weighted by Crippen LogP contribution is -2.49. The van der Waals surface area contributed by atoms with Gasteiger partial charge < -0.3 is 24.2 Å². The van der Waals surface area contributed by atoms with Crippen molar-refractivity contribution in [2.24, 2.45) is 0 Å². The van der Waals surface area contributed by atoms with E-state index in [0.717, 1.165) is 11.1 Å². The summed E-state index contributed by atoms with van der Waals surface area (Å²) in [5.41, 5.74) is 2.06. The molecule has 1 N–H and O–H groups in total. The number of hydrogen-bond donors (Lipinski definition) is 1. The maximum absolute atomic E-state index is 13.4. The van der Waals surface area contributed by atoms with E-state index in [-0.39, 0.29) is 12.5 Å². The Morgan fingerprint density at radius 2 is 2.00 bits per heavy atom. The van der Waals surface area contributed by atoms with E-state index in [4.69, 9.17) is 25.8 Å². The Balaban J connectivity index is 2.04. The topological polar surface area (TPSA) is 68.2 Å². The summed E-state index contributed by atoms with van der Waals surface area (Å²) in [6.45, 7) is 2.36. The molecule has 0 aromatic heterocycles. The largest absolute Gasteiger partial charge is 0.493 e. The number of amides is 1. The molecule has 3 rings (SSSR count). The molecule has 1 fully saturated rings. The zero-order chi connectivity index (χ0) is 20.3. The van der Waals surface area contributed by atoms with Gasteiger partial charge in [-0.3, -0.25) is 4.79 Å². The molecule has 0 aliphatic carbocycles. The molecule has 0 unspecified atom stereocenters. The Bertz CT molecular complexity index is 857. The summed E-state index contributed by atoms with van der Waals surface area (Å²) in [7, 11) is 3.12. The first kappa shape index (κ1) is 20.5. The molecule has 6 nitrogen and oxygen atoms in total. The first-order valence-corrected chi connectivity index (χ1v) is 9.40. The van der Waals surface area contributed by atoms with Crippen LogP contribution in [0.15, 0.2) is 36.4 Å². The van der Waals surface area contributed by atoms with E-state index in [2.05, 4.69) is 0 Å². The molecular formula is C21H24ClNO5. The van der Waals surface area contributed by atoms with Gasteiger partial charge in [-0.2, -0.15) is 0 Å². The maximum Gasteiger partial charge on any atom is 0.254 e. The Kier molecular flexibility index (Phi) is 6.44. The summed E-state index contributed by atoms with van der Waals surface area (Å²) in [6.07, 6.45) is -0.546. The summed E-state index contributed by atoms with van der Waals surface area (Å²) in [4.78, 5) is 15.1. The number of aliphatic hydroxyl groups excluding tert-OH is 1. The second kappa shape index (κ2) is 8.82. The first-order valence-electron chi connectivity index (χ1n) is 9.02. The fourth-order valence-corrected chi connectivity index (χ4v) is 3.71. The van der Waals surface area contributed by atoms with Crippen molar-refractivity contribution in [3.63, 3.8) is 0 Å². The molecule has 1 amide bonds. The van der Waals surface area contributed by atoms with E-state index in [1.165, 1.54) is 0 Å². The van der Waals surface area contributed by atoms with E-state index in [1.54, 1.807) is 43.4 Å². The molecule has 2 aromatic carbocycles. The van der Waals surface area contributed by atoms with E-state index < -0.39 is 12.1 Å². The number of aliphatic hydroxyl groups is 1. The molecule has 2 atom stereocenters. The maximum atomic E-state index is 13.4. The number of ether oxygens (including phenoxy) is 3. The Labute approximate surface area is 169 Å². The summed E-state index contributed by atoms with van der Waals surface area (Å²) < 4.78 is 16.5. The number of nitrogens with zero attached hydrogens (tertiary/aromatic N) is 1. The third kappa shape index (κ3) is 3.81. The van der Waals surface area contributed by atoms with Gasteiger partial charge in [-0.25, -0.2) is 0 Å². The van der Waals surface area contributed by atoms with Crippen molar-refractivity contribution in [2.45, 2.75) is 19.1 Å². The minimum Gasteiger partial charge on any atom is -0.493 e. The van der Waals surface area contributed by atoms with Crippen LogP contribution >= 0.6 is 11.6 Å². The number of carbonyl (C=O) groups excluding carboxylic acids is 1. The third-order valence-electron chi connectivity index (χ3n) is 5.04. The summed E-state index contributed by atoms with van der Waals surface area (Å²) in [5, 5.41) is 10.4. The second-order valence-electron chi connectivity index (χ2n) is 6.56. The molecule has 2 aromatic rings. The Morgan fingerprint density at radius 3 is 2.68 bits per heavy atom. The van der Waals surface area contributed by atoms with Gasteiger partial charge in [0.2, 0.25) is 0 Å². The molecule has 1 heterocycles. The number of morpholine rings is 1.